The molecule has 0 atom stereocenters. The molecule has 9 heteroatoms. The third-order valence-corrected chi connectivity index (χ3v) is 3.15. The Kier molecular flexibility index (Phi) is 4.54. The Morgan fingerprint density at radius 1 is 0.917 bits per heavy atom. The van der Waals surface area contributed by atoms with E-state index in [2.05, 4.69) is 4.74 Å². The molecule has 0 saturated carbocycles. The summed E-state index contributed by atoms with van der Waals surface area (Å²) in [4.78, 5) is 11.2. The van der Waals surface area contributed by atoms with Crippen LogP contribution in [0, 0.1) is 23.3 Å². The van der Waals surface area contributed by atoms with Crippen molar-refractivity contribution < 1.29 is 40.3 Å². The zero-order valence-electron chi connectivity index (χ0n) is 11.8. The molecule has 0 N–H and O–H groups in total. The molecule has 128 valence electrons. The first-order valence-electron chi connectivity index (χ1n) is 6.22. The van der Waals surface area contributed by atoms with Crippen molar-refractivity contribution in [3.8, 4) is 11.1 Å². The van der Waals surface area contributed by atoms with Crippen molar-refractivity contribution in [2.75, 3.05) is 7.11 Å². The molecule has 0 amide bonds. The molecule has 0 spiro atoms. The van der Waals surface area contributed by atoms with E-state index in [-0.39, 0.29) is 0 Å². The van der Waals surface area contributed by atoms with E-state index in [0.717, 1.165) is 12.1 Å². The minimum Gasteiger partial charge on any atom is -0.465 e. The second-order valence-corrected chi connectivity index (χ2v) is 4.54. The number of carbonyl (C=O) groups excluding carboxylic acids is 1. The zero-order valence-corrected chi connectivity index (χ0v) is 11.8. The number of carbonyl (C=O) groups is 1. The maximum absolute atomic E-state index is 14.1. The lowest BCUT2D eigenvalue weighted by Gasteiger charge is -2.15. The van der Waals surface area contributed by atoms with Gasteiger partial charge in [-0.2, -0.15) is 13.2 Å². The maximum Gasteiger partial charge on any atom is 0.417 e. The minimum atomic E-state index is -5.02. The summed E-state index contributed by atoms with van der Waals surface area (Å²) in [5.74, 6) is -10.3. The monoisotopic (exact) mass is 352 g/mol. The lowest BCUT2D eigenvalue weighted by molar-refractivity contribution is -0.137. The predicted octanol–water partition coefficient (Wildman–Crippen LogP) is 4.72. The van der Waals surface area contributed by atoms with Crippen LogP contribution in [0.4, 0.5) is 30.7 Å². The highest BCUT2D eigenvalue weighted by atomic mass is 19.4. The zero-order chi connectivity index (χ0) is 18.2. The molecule has 0 aliphatic carbocycles. The summed E-state index contributed by atoms with van der Waals surface area (Å²) in [6, 6.07) is 3.10. The van der Waals surface area contributed by atoms with Gasteiger partial charge in [-0.1, -0.05) is 18.2 Å². The number of halogens is 7. The largest absolute Gasteiger partial charge is 0.465 e. The van der Waals surface area contributed by atoms with E-state index in [9.17, 15) is 35.5 Å². The molecule has 0 bridgehead atoms. The number of alkyl halides is 3. The van der Waals surface area contributed by atoms with Gasteiger partial charge >= 0.3 is 12.1 Å². The van der Waals surface area contributed by atoms with Crippen molar-refractivity contribution >= 4 is 5.97 Å². The molecular weight excluding hydrogens is 345 g/mol. The van der Waals surface area contributed by atoms with E-state index in [1.54, 1.807) is 0 Å². The number of ether oxygens (including phenoxy) is 1. The van der Waals surface area contributed by atoms with Crippen molar-refractivity contribution in [2.45, 2.75) is 6.18 Å². The van der Waals surface area contributed by atoms with Crippen molar-refractivity contribution in [1.82, 2.24) is 0 Å². The number of rotatable bonds is 2. The Morgan fingerprint density at radius 3 is 1.88 bits per heavy atom. The average Bonchev–Trinajstić information content (AvgIpc) is 2.52. The Bertz CT molecular complexity index is 783. The van der Waals surface area contributed by atoms with Gasteiger partial charge in [-0.05, 0) is 11.6 Å². The lowest BCUT2D eigenvalue weighted by Crippen LogP contribution is -2.15. The van der Waals surface area contributed by atoms with Crippen LogP contribution >= 0.6 is 0 Å². The summed E-state index contributed by atoms with van der Waals surface area (Å²) in [6.45, 7) is 0. The number of hydrogen-bond acceptors (Lipinski definition) is 2. The van der Waals surface area contributed by atoms with Crippen LogP contribution in [0.15, 0.2) is 24.3 Å². The molecule has 0 aliphatic heterocycles. The molecule has 0 radical (unpaired) electrons. The van der Waals surface area contributed by atoms with Crippen LogP contribution in [-0.2, 0) is 10.9 Å². The molecule has 2 aromatic rings. The van der Waals surface area contributed by atoms with E-state index in [1.165, 1.54) is 0 Å². The van der Waals surface area contributed by atoms with Gasteiger partial charge in [0.2, 0.25) is 0 Å². The Balaban J connectivity index is 2.87. The van der Waals surface area contributed by atoms with E-state index in [0.29, 0.717) is 19.2 Å². The standard InChI is InChI=1S/C15H7F7O2/c1-24-14(23)9-12(18)10(16)8(11(17)13(9)19)6-4-2-3-5-7(6)15(20,21)22/h2-5H,1H3. The first-order valence-corrected chi connectivity index (χ1v) is 6.22. The molecule has 0 heterocycles. The predicted molar refractivity (Wildman–Crippen MR) is 68.1 cm³/mol. The van der Waals surface area contributed by atoms with Crippen LogP contribution in [0.2, 0.25) is 0 Å². The summed E-state index contributed by atoms with van der Waals surface area (Å²) < 4.78 is 98.8. The van der Waals surface area contributed by atoms with E-state index < -0.39 is 57.7 Å². The highest BCUT2D eigenvalue weighted by molar-refractivity contribution is 5.91. The molecule has 24 heavy (non-hydrogen) atoms. The SMILES string of the molecule is COC(=O)c1c(F)c(F)c(-c2ccccc2C(F)(F)F)c(F)c1F. The van der Waals surface area contributed by atoms with Crippen LogP contribution in [-0.4, -0.2) is 13.1 Å². The average molecular weight is 352 g/mol. The molecule has 0 aliphatic rings. The van der Waals surface area contributed by atoms with Gasteiger partial charge in [-0.25, -0.2) is 22.4 Å². The fourth-order valence-corrected chi connectivity index (χ4v) is 2.10. The molecule has 2 nitrogen and oxygen atoms in total. The smallest absolute Gasteiger partial charge is 0.417 e. The van der Waals surface area contributed by atoms with Gasteiger partial charge in [0.1, 0.15) is 5.56 Å². The van der Waals surface area contributed by atoms with Gasteiger partial charge in [0.15, 0.2) is 23.3 Å². The van der Waals surface area contributed by atoms with E-state index >= 15 is 0 Å². The molecule has 0 aromatic heterocycles. The quantitative estimate of drug-likeness (QED) is 0.444. The van der Waals surface area contributed by atoms with Crippen LogP contribution in [0.5, 0.6) is 0 Å². The van der Waals surface area contributed by atoms with Crippen LogP contribution in [0.3, 0.4) is 0 Å². The fraction of sp³-hybridized carbons (Fsp3) is 0.133. The van der Waals surface area contributed by atoms with Crippen molar-refractivity contribution in [2.24, 2.45) is 0 Å². The number of hydrogen-bond donors (Lipinski definition) is 0. The van der Waals surface area contributed by atoms with Gasteiger partial charge in [-0.3, -0.25) is 0 Å². The minimum absolute atomic E-state index is 0.498. The first kappa shape index (κ1) is 17.8. The van der Waals surface area contributed by atoms with Crippen molar-refractivity contribution in [3.05, 3.63) is 58.7 Å². The van der Waals surface area contributed by atoms with Gasteiger partial charge in [0.25, 0.3) is 0 Å². The summed E-state index contributed by atoms with van der Waals surface area (Å²) >= 11 is 0. The highest BCUT2D eigenvalue weighted by Gasteiger charge is 2.37. The lowest BCUT2D eigenvalue weighted by atomic mass is 9.96. The topological polar surface area (TPSA) is 26.3 Å². The normalized spacial score (nSPS) is 11.5. The first-order chi connectivity index (χ1) is 11.1. The van der Waals surface area contributed by atoms with Crippen LogP contribution < -0.4 is 0 Å². The van der Waals surface area contributed by atoms with Crippen LogP contribution in [0.1, 0.15) is 15.9 Å². The van der Waals surface area contributed by atoms with E-state index in [4.69, 9.17) is 0 Å². The van der Waals surface area contributed by atoms with Gasteiger partial charge in [0.05, 0.1) is 18.2 Å². The number of methoxy groups -OCH3 is 1. The van der Waals surface area contributed by atoms with Gasteiger partial charge < -0.3 is 4.74 Å². The molecular formula is C15H7F7O2. The van der Waals surface area contributed by atoms with Gasteiger partial charge in [0, 0.05) is 0 Å². The molecule has 0 fully saturated rings. The van der Waals surface area contributed by atoms with Gasteiger partial charge in [-0.15, -0.1) is 0 Å². The van der Waals surface area contributed by atoms with Crippen molar-refractivity contribution in [1.29, 1.82) is 0 Å². The second-order valence-electron chi connectivity index (χ2n) is 4.54. The second kappa shape index (κ2) is 6.14. The number of esters is 1. The summed E-state index contributed by atoms with van der Waals surface area (Å²) in [7, 11) is 0.712. The molecule has 0 unspecified atom stereocenters. The summed E-state index contributed by atoms with van der Waals surface area (Å²) in [5, 5.41) is 0. The maximum atomic E-state index is 14.1. The molecule has 2 aromatic carbocycles. The van der Waals surface area contributed by atoms with E-state index in [1.807, 2.05) is 0 Å². The summed E-state index contributed by atoms with van der Waals surface area (Å²) in [5.41, 5.74) is -5.83. The van der Waals surface area contributed by atoms with Crippen molar-refractivity contribution in [3.63, 3.8) is 0 Å². The fourth-order valence-electron chi connectivity index (χ4n) is 2.10. The Labute approximate surface area is 130 Å². The number of benzene rings is 2. The highest BCUT2D eigenvalue weighted by Crippen LogP contribution is 2.40. The Morgan fingerprint density at radius 2 is 1.42 bits per heavy atom. The third kappa shape index (κ3) is 2.81. The molecule has 0 saturated heterocycles. The molecule has 2 rings (SSSR count). The summed E-state index contributed by atoms with van der Waals surface area (Å²) in [6.07, 6.45) is -5.02. The third-order valence-electron chi connectivity index (χ3n) is 3.15. The Hall–Kier alpha value is -2.58. The van der Waals surface area contributed by atoms with Crippen LogP contribution in [0.25, 0.3) is 11.1 Å².